The molecule has 5 heterocycles. The van der Waals surface area contributed by atoms with Crippen LogP contribution in [0, 0.1) is 12.3 Å². The maximum Gasteiger partial charge on any atom is 0.319 e. The highest BCUT2D eigenvalue weighted by Crippen LogP contribution is 2.48. The van der Waals surface area contributed by atoms with E-state index in [0.29, 0.717) is 6.01 Å². The molecular formula is C38H45N7O3. The molecule has 2 aromatic heterocycles. The highest BCUT2D eigenvalue weighted by atomic mass is 16.5. The zero-order chi connectivity index (χ0) is 33.0. The quantitative estimate of drug-likeness (QED) is 0.228. The van der Waals surface area contributed by atoms with Gasteiger partial charge in [0.25, 0.3) is 0 Å². The smallest absolute Gasteiger partial charge is 0.319 e. The summed E-state index contributed by atoms with van der Waals surface area (Å²) in [6.07, 6.45) is 12.5. The molecule has 48 heavy (non-hydrogen) atoms. The van der Waals surface area contributed by atoms with Gasteiger partial charge in [-0.15, -0.1) is 0 Å². The van der Waals surface area contributed by atoms with Crippen molar-refractivity contribution in [2.24, 2.45) is 5.41 Å². The normalized spacial score (nSPS) is 20.1. The van der Waals surface area contributed by atoms with E-state index in [1.807, 2.05) is 17.2 Å². The van der Waals surface area contributed by atoms with E-state index >= 15 is 0 Å². The van der Waals surface area contributed by atoms with Gasteiger partial charge in [0.2, 0.25) is 5.91 Å². The fourth-order valence-corrected chi connectivity index (χ4v) is 7.97. The van der Waals surface area contributed by atoms with Gasteiger partial charge in [-0.25, -0.2) is 0 Å². The fraction of sp³-hybridized carbons (Fsp3) is 0.474. The van der Waals surface area contributed by atoms with Crippen molar-refractivity contribution in [3.8, 4) is 22.9 Å². The number of hydrogen-bond acceptors (Lipinski definition) is 8. The molecule has 250 valence electrons. The Kier molecular flexibility index (Phi) is 7.86. The van der Waals surface area contributed by atoms with Crippen LogP contribution in [-0.2, 0) is 4.79 Å². The molecule has 3 saturated heterocycles. The minimum absolute atomic E-state index is 0.0219. The van der Waals surface area contributed by atoms with Crippen molar-refractivity contribution in [1.29, 1.82) is 0 Å². The average molecular weight is 648 g/mol. The van der Waals surface area contributed by atoms with Crippen LogP contribution in [-0.4, -0.2) is 94.4 Å². The van der Waals surface area contributed by atoms with E-state index in [0.717, 1.165) is 140 Å². The average Bonchev–Trinajstić information content (AvgIpc) is 3.54. The molecule has 1 saturated carbocycles. The van der Waals surface area contributed by atoms with Crippen LogP contribution in [0.25, 0.3) is 39.0 Å². The Labute approximate surface area is 281 Å². The molecule has 10 heteroatoms. The number of carbonyl (C=O) groups excluding carboxylic acids is 1. The predicted octanol–water partition coefficient (Wildman–Crippen LogP) is 6.14. The number of carbonyl (C=O) groups is 1. The number of piperidine rings is 2. The van der Waals surface area contributed by atoms with Crippen molar-refractivity contribution in [1.82, 2.24) is 30.0 Å². The summed E-state index contributed by atoms with van der Waals surface area (Å²) in [7, 11) is 2.16. The summed E-state index contributed by atoms with van der Waals surface area (Å²) in [5.41, 5.74) is 6.09. The van der Waals surface area contributed by atoms with E-state index in [1.165, 1.54) is 6.08 Å². The van der Waals surface area contributed by atoms with Gasteiger partial charge in [-0.3, -0.25) is 9.89 Å². The molecule has 1 amide bonds. The number of H-pyrrole nitrogens is 1. The van der Waals surface area contributed by atoms with Gasteiger partial charge in [0.15, 0.2) is 5.75 Å². The molecule has 4 aliphatic rings. The molecule has 0 unspecified atom stereocenters. The Morgan fingerprint density at radius 2 is 1.73 bits per heavy atom. The molecule has 1 N–H and O–H groups in total. The van der Waals surface area contributed by atoms with Gasteiger partial charge >= 0.3 is 6.01 Å². The molecule has 8 rings (SSSR count). The van der Waals surface area contributed by atoms with E-state index < -0.39 is 0 Å². The lowest BCUT2D eigenvalue weighted by Crippen LogP contribution is -2.61. The summed E-state index contributed by atoms with van der Waals surface area (Å²) in [6, 6.07) is 6.81. The van der Waals surface area contributed by atoms with Crippen molar-refractivity contribution in [2.75, 3.05) is 51.2 Å². The molecule has 0 radical (unpaired) electrons. The summed E-state index contributed by atoms with van der Waals surface area (Å²) >= 11 is 0. The second kappa shape index (κ2) is 12.2. The number of ether oxygens (including phenoxy) is 2. The predicted molar refractivity (Wildman–Crippen MR) is 190 cm³/mol. The molecule has 4 aromatic rings. The topological polar surface area (TPSA) is 99.7 Å². The van der Waals surface area contributed by atoms with Crippen LogP contribution in [0.15, 0.2) is 43.6 Å². The number of nitrogens with one attached hydrogen (secondary N) is 1. The minimum Gasteiger partial charge on any atom is -0.487 e. The van der Waals surface area contributed by atoms with Crippen molar-refractivity contribution in [2.45, 2.75) is 64.1 Å². The van der Waals surface area contributed by atoms with Gasteiger partial charge in [0.1, 0.15) is 17.4 Å². The molecule has 4 fully saturated rings. The van der Waals surface area contributed by atoms with Gasteiger partial charge in [-0.2, -0.15) is 15.1 Å². The molecule has 1 aliphatic carbocycles. The number of aromatic amines is 1. The van der Waals surface area contributed by atoms with E-state index in [4.69, 9.17) is 19.4 Å². The lowest BCUT2D eigenvalue weighted by Gasteiger charge is -2.54. The number of aryl methyl sites for hydroxylation is 1. The number of anilines is 1. The first-order chi connectivity index (χ1) is 23.3. The van der Waals surface area contributed by atoms with Gasteiger partial charge in [0.05, 0.1) is 17.8 Å². The Morgan fingerprint density at radius 3 is 2.42 bits per heavy atom. The monoisotopic (exact) mass is 647 g/mol. The second-order valence-electron chi connectivity index (χ2n) is 14.4. The fourth-order valence-electron chi connectivity index (χ4n) is 7.97. The number of amides is 1. The third-order valence-electron chi connectivity index (χ3n) is 11.2. The van der Waals surface area contributed by atoms with E-state index in [1.54, 1.807) is 0 Å². The number of aromatic nitrogens is 4. The van der Waals surface area contributed by atoms with Crippen LogP contribution in [0.1, 0.15) is 56.1 Å². The number of rotatable bonds is 8. The lowest BCUT2D eigenvalue weighted by molar-refractivity contribution is -0.139. The molecule has 1 spiro atoms. The van der Waals surface area contributed by atoms with Crippen molar-refractivity contribution < 1.29 is 14.3 Å². The summed E-state index contributed by atoms with van der Waals surface area (Å²) in [5, 5.41) is 9.53. The molecule has 0 atom stereocenters. The van der Waals surface area contributed by atoms with E-state index in [9.17, 15) is 4.79 Å². The van der Waals surface area contributed by atoms with Crippen molar-refractivity contribution in [3.63, 3.8) is 0 Å². The summed E-state index contributed by atoms with van der Waals surface area (Å²) in [5.74, 6) is 1.67. The van der Waals surface area contributed by atoms with Crippen LogP contribution in [0.3, 0.4) is 0 Å². The van der Waals surface area contributed by atoms with Gasteiger partial charge in [-0.05, 0) is 93.8 Å². The van der Waals surface area contributed by atoms with Crippen molar-refractivity contribution >= 4 is 39.6 Å². The second-order valence-corrected chi connectivity index (χ2v) is 14.4. The Morgan fingerprint density at radius 1 is 0.979 bits per heavy atom. The third-order valence-corrected chi connectivity index (χ3v) is 11.2. The zero-order valence-corrected chi connectivity index (χ0v) is 28.1. The number of hydrogen-bond donors (Lipinski definition) is 1. The van der Waals surface area contributed by atoms with Crippen LogP contribution in [0.4, 0.5) is 5.82 Å². The zero-order valence-electron chi connectivity index (χ0n) is 28.1. The van der Waals surface area contributed by atoms with Gasteiger partial charge in [-0.1, -0.05) is 25.3 Å². The molecule has 0 bridgehead atoms. The first kappa shape index (κ1) is 30.9. The summed E-state index contributed by atoms with van der Waals surface area (Å²) < 4.78 is 13.6. The number of benzene rings is 2. The number of likely N-dealkylation sites (tertiary alicyclic amines) is 2. The minimum atomic E-state index is 0.0219. The maximum absolute atomic E-state index is 12.2. The Hall–Kier alpha value is -4.44. The van der Waals surface area contributed by atoms with Crippen LogP contribution in [0.5, 0.6) is 11.8 Å². The highest BCUT2D eigenvalue weighted by Gasteiger charge is 2.46. The lowest BCUT2D eigenvalue weighted by atomic mass is 9.72. The Bertz CT molecular complexity index is 1890. The summed E-state index contributed by atoms with van der Waals surface area (Å²) in [4.78, 5) is 29.2. The SMILES string of the molecule is C=CC(=O)N1CC2(CCN(c3nc(OC4CCN(C)CC4)nc4c(OC5CCC5)c(-c5c(C)ccc6[nH]ncc56)c(C=C)cc34)CC2)C1. The first-order valence-corrected chi connectivity index (χ1v) is 17.5. The van der Waals surface area contributed by atoms with E-state index in [2.05, 4.69) is 65.3 Å². The first-order valence-electron chi connectivity index (χ1n) is 17.5. The molecular weight excluding hydrogens is 602 g/mol. The van der Waals surface area contributed by atoms with Crippen LogP contribution in [0.2, 0.25) is 0 Å². The van der Waals surface area contributed by atoms with Crippen LogP contribution < -0.4 is 14.4 Å². The highest BCUT2D eigenvalue weighted by molar-refractivity contribution is 6.07. The van der Waals surface area contributed by atoms with Gasteiger partial charge < -0.3 is 24.2 Å². The summed E-state index contributed by atoms with van der Waals surface area (Å²) in [6.45, 7) is 15.3. The molecule has 2 aromatic carbocycles. The number of fused-ring (bicyclic) bond motifs is 2. The number of nitrogens with zero attached hydrogens (tertiary/aromatic N) is 6. The Balaban J connectivity index is 1.27. The molecule has 10 nitrogen and oxygen atoms in total. The largest absolute Gasteiger partial charge is 0.487 e. The van der Waals surface area contributed by atoms with Crippen LogP contribution >= 0.6 is 0 Å². The van der Waals surface area contributed by atoms with E-state index in [-0.39, 0.29) is 23.5 Å². The van der Waals surface area contributed by atoms with Crippen molar-refractivity contribution in [3.05, 3.63) is 54.8 Å². The molecule has 3 aliphatic heterocycles. The third kappa shape index (κ3) is 5.40. The maximum atomic E-state index is 12.2. The standard InChI is InChI=1S/C38H45N7O3/c1-5-25-20-28-34(35(47-26-8-7-9-26)33(25)32-24(3)10-11-30-29(32)21-39-42-30)40-37(48-27-12-16-43(4)17-13-27)41-36(28)44-18-14-38(15-19-44)22-45(23-38)31(46)6-2/h5-6,10-11,20-21,26-27H,1-2,7-9,12-19,22-23H2,3-4H3,(H,39,42). The van der Waals surface area contributed by atoms with Gasteiger partial charge in [0, 0.05) is 61.0 Å².